The van der Waals surface area contributed by atoms with Crippen LogP contribution in [0.15, 0.2) is 35.7 Å². The summed E-state index contributed by atoms with van der Waals surface area (Å²) in [5.41, 5.74) is 9.69. The molecule has 1 heterocycles. The fourth-order valence-electron chi connectivity index (χ4n) is 3.04. The van der Waals surface area contributed by atoms with Crippen molar-refractivity contribution in [2.45, 2.75) is 32.4 Å². The molecule has 0 saturated carbocycles. The van der Waals surface area contributed by atoms with Crippen LogP contribution in [0.1, 0.15) is 35.4 Å². The number of aryl methyl sites for hydroxylation is 1. The molecule has 0 bridgehead atoms. The van der Waals surface area contributed by atoms with E-state index in [1.54, 1.807) is 0 Å². The van der Waals surface area contributed by atoms with Gasteiger partial charge in [-0.15, -0.1) is 11.3 Å². The minimum Gasteiger partial charge on any atom is -0.399 e. The zero-order valence-corrected chi connectivity index (χ0v) is 12.1. The molecule has 2 nitrogen and oxygen atoms in total. The molecule has 3 heteroatoms. The Morgan fingerprint density at radius 3 is 3.00 bits per heavy atom. The number of nitrogens with zero attached hydrogens (tertiary/aromatic N) is 1. The largest absolute Gasteiger partial charge is 0.399 e. The number of hydrogen-bond donors (Lipinski definition) is 1. The summed E-state index contributed by atoms with van der Waals surface area (Å²) in [6.07, 6.45) is 2.38. The second kappa shape index (κ2) is 5.35. The van der Waals surface area contributed by atoms with Crippen molar-refractivity contribution < 1.29 is 0 Å². The molecule has 3 rings (SSSR count). The van der Waals surface area contributed by atoms with E-state index in [-0.39, 0.29) is 0 Å². The Kier molecular flexibility index (Phi) is 3.58. The van der Waals surface area contributed by atoms with E-state index in [2.05, 4.69) is 41.5 Å². The first kappa shape index (κ1) is 12.7. The average Bonchev–Trinajstić information content (AvgIpc) is 3.04. The summed E-state index contributed by atoms with van der Waals surface area (Å²) >= 11 is 1.85. The highest BCUT2D eigenvalue weighted by Crippen LogP contribution is 2.37. The normalized spacial score (nSPS) is 17.9. The number of fused-ring (bicyclic) bond motifs is 1. The number of nitrogen functional groups attached to an aromatic ring is 1. The van der Waals surface area contributed by atoms with Crippen LogP contribution in [-0.4, -0.2) is 11.4 Å². The van der Waals surface area contributed by atoms with Crippen molar-refractivity contribution >= 4 is 17.0 Å². The van der Waals surface area contributed by atoms with Gasteiger partial charge in [0.25, 0.3) is 0 Å². The van der Waals surface area contributed by atoms with E-state index in [1.807, 2.05) is 17.4 Å². The molecule has 0 radical (unpaired) electrons. The number of hydrogen-bond acceptors (Lipinski definition) is 3. The molecular formula is C16H20N2S. The van der Waals surface area contributed by atoms with E-state index in [1.165, 1.54) is 22.4 Å². The number of nitrogens with two attached hydrogens (primary N) is 1. The standard InChI is InChI=1S/C16H20N2S/c1-2-18(11-14-4-3-9-19-14)16-8-5-12-10-13(17)6-7-15(12)16/h3-4,6-7,9-10,16H,2,5,8,11,17H2,1H3. The van der Waals surface area contributed by atoms with E-state index in [0.717, 1.165) is 25.2 Å². The van der Waals surface area contributed by atoms with Crippen LogP contribution in [0.25, 0.3) is 0 Å². The van der Waals surface area contributed by atoms with Crippen molar-refractivity contribution in [3.05, 3.63) is 51.7 Å². The fraction of sp³-hybridized carbons (Fsp3) is 0.375. The Morgan fingerprint density at radius 1 is 1.37 bits per heavy atom. The lowest BCUT2D eigenvalue weighted by molar-refractivity contribution is 0.200. The van der Waals surface area contributed by atoms with Crippen molar-refractivity contribution in [1.29, 1.82) is 0 Å². The van der Waals surface area contributed by atoms with Crippen LogP contribution in [0.5, 0.6) is 0 Å². The fourth-order valence-corrected chi connectivity index (χ4v) is 3.77. The molecule has 19 heavy (non-hydrogen) atoms. The summed E-state index contributed by atoms with van der Waals surface area (Å²) < 4.78 is 0. The highest BCUT2D eigenvalue weighted by molar-refractivity contribution is 7.09. The van der Waals surface area contributed by atoms with Crippen molar-refractivity contribution in [2.24, 2.45) is 0 Å². The van der Waals surface area contributed by atoms with E-state index in [0.29, 0.717) is 6.04 Å². The Hall–Kier alpha value is -1.32. The number of benzene rings is 1. The Morgan fingerprint density at radius 2 is 2.26 bits per heavy atom. The third kappa shape index (κ3) is 2.53. The lowest BCUT2D eigenvalue weighted by Crippen LogP contribution is -2.26. The van der Waals surface area contributed by atoms with Crippen LogP contribution >= 0.6 is 11.3 Å². The zero-order chi connectivity index (χ0) is 13.2. The number of rotatable bonds is 4. The minimum atomic E-state index is 0.558. The molecule has 1 aliphatic carbocycles. The first-order valence-electron chi connectivity index (χ1n) is 6.92. The zero-order valence-electron chi connectivity index (χ0n) is 11.3. The van der Waals surface area contributed by atoms with Crippen molar-refractivity contribution in [3.8, 4) is 0 Å². The molecule has 0 aliphatic heterocycles. The Balaban J connectivity index is 1.82. The van der Waals surface area contributed by atoms with Gasteiger partial charge >= 0.3 is 0 Å². The monoisotopic (exact) mass is 272 g/mol. The summed E-state index contributed by atoms with van der Waals surface area (Å²) in [5, 5.41) is 2.16. The van der Waals surface area contributed by atoms with Gasteiger partial charge in [0.2, 0.25) is 0 Å². The van der Waals surface area contributed by atoms with Crippen molar-refractivity contribution in [2.75, 3.05) is 12.3 Å². The highest BCUT2D eigenvalue weighted by Gasteiger charge is 2.27. The molecule has 1 atom stereocenters. The third-order valence-electron chi connectivity index (χ3n) is 4.00. The van der Waals surface area contributed by atoms with Crippen LogP contribution < -0.4 is 5.73 Å². The minimum absolute atomic E-state index is 0.558. The summed E-state index contributed by atoms with van der Waals surface area (Å²) in [6.45, 7) is 4.40. The van der Waals surface area contributed by atoms with Gasteiger partial charge in [-0.05, 0) is 54.1 Å². The first-order chi connectivity index (χ1) is 9.28. The first-order valence-corrected chi connectivity index (χ1v) is 7.80. The van der Waals surface area contributed by atoms with Gasteiger partial charge in [-0.1, -0.05) is 19.1 Å². The van der Waals surface area contributed by atoms with Crippen LogP contribution in [-0.2, 0) is 13.0 Å². The Labute approximate surface area is 118 Å². The van der Waals surface area contributed by atoms with Gasteiger partial charge in [0.15, 0.2) is 0 Å². The maximum Gasteiger partial charge on any atom is 0.0357 e. The van der Waals surface area contributed by atoms with Gasteiger partial charge in [-0.3, -0.25) is 4.90 Å². The van der Waals surface area contributed by atoms with Gasteiger partial charge < -0.3 is 5.73 Å². The molecule has 0 saturated heterocycles. The molecule has 2 N–H and O–H groups in total. The summed E-state index contributed by atoms with van der Waals surface area (Å²) in [5.74, 6) is 0. The van der Waals surface area contributed by atoms with Gasteiger partial charge in [0.05, 0.1) is 0 Å². The van der Waals surface area contributed by atoms with Gasteiger partial charge in [0.1, 0.15) is 0 Å². The molecule has 0 spiro atoms. The summed E-state index contributed by atoms with van der Waals surface area (Å²) in [6, 6.07) is 11.3. The number of anilines is 1. The third-order valence-corrected chi connectivity index (χ3v) is 4.86. The van der Waals surface area contributed by atoms with E-state index in [4.69, 9.17) is 5.73 Å². The van der Waals surface area contributed by atoms with Gasteiger partial charge in [-0.25, -0.2) is 0 Å². The van der Waals surface area contributed by atoms with Gasteiger partial charge in [-0.2, -0.15) is 0 Å². The topological polar surface area (TPSA) is 29.3 Å². The highest BCUT2D eigenvalue weighted by atomic mass is 32.1. The van der Waals surface area contributed by atoms with Crippen LogP contribution in [0.2, 0.25) is 0 Å². The predicted molar refractivity (Wildman–Crippen MR) is 82.3 cm³/mol. The smallest absolute Gasteiger partial charge is 0.0357 e. The Bertz CT molecular complexity index is 548. The van der Waals surface area contributed by atoms with E-state index in [9.17, 15) is 0 Å². The molecule has 1 aromatic carbocycles. The molecule has 1 aliphatic rings. The quantitative estimate of drug-likeness (QED) is 0.857. The second-order valence-electron chi connectivity index (χ2n) is 5.16. The van der Waals surface area contributed by atoms with Crippen LogP contribution in [0.3, 0.4) is 0 Å². The maximum absolute atomic E-state index is 5.88. The molecule has 1 unspecified atom stereocenters. The van der Waals surface area contributed by atoms with Gasteiger partial charge in [0, 0.05) is 23.2 Å². The SMILES string of the molecule is CCN(Cc1cccs1)C1CCc2cc(N)ccc21. The molecule has 0 fully saturated rings. The molecule has 1 aromatic heterocycles. The number of thiophene rings is 1. The second-order valence-corrected chi connectivity index (χ2v) is 6.19. The van der Waals surface area contributed by atoms with Crippen LogP contribution in [0, 0.1) is 0 Å². The maximum atomic E-state index is 5.88. The van der Waals surface area contributed by atoms with Crippen molar-refractivity contribution in [1.82, 2.24) is 4.90 Å². The van der Waals surface area contributed by atoms with E-state index >= 15 is 0 Å². The average molecular weight is 272 g/mol. The summed E-state index contributed by atoms with van der Waals surface area (Å²) in [7, 11) is 0. The summed E-state index contributed by atoms with van der Waals surface area (Å²) in [4.78, 5) is 4.03. The van der Waals surface area contributed by atoms with E-state index < -0.39 is 0 Å². The molecular weight excluding hydrogens is 252 g/mol. The lowest BCUT2D eigenvalue weighted by atomic mass is 10.1. The lowest BCUT2D eigenvalue weighted by Gasteiger charge is -2.28. The molecule has 0 amide bonds. The van der Waals surface area contributed by atoms with Crippen molar-refractivity contribution in [3.63, 3.8) is 0 Å². The molecule has 100 valence electrons. The molecule has 2 aromatic rings. The van der Waals surface area contributed by atoms with Crippen LogP contribution in [0.4, 0.5) is 5.69 Å². The predicted octanol–water partition coefficient (Wildman–Crippen LogP) is 3.84.